The first-order chi connectivity index (χ1) is 27.4. The van der Waals surface area contributed by atoms with Crippen LogP contribution in [0.15, 0.2) is 84.9 Å². The van der Waals surface area contributed by atoms with Crippen molar-refractivity contribution >= 4 is 44.7 Å². The van der Waals surface area contributed by atoms with Crippen LogP contribution < -0.4 is 10.1 Å². The summed E-state index contributed by atoms with van der Waals surface area (Å²) in [6.45, 7) is 0.873. The molecular weight excluding hydrogens is 699 g/mol. The van der Waals surface area contributed by atoms with Gasteiger partial charge >= 0.3 is 5.97 Å². The third kappa shape index (κ3) is 5.74. The number of amides is 1. The molecule has 4 aromatic carbocycles. The Morgan fingerprint density at radius 2 is 1.59 bits per heavy atom. The molecule has 0 saturated heterocycles. The topological polar surface area (TPSA) is 122 Å². The van der Waals surface area contributed by atoms with Gasteiger partial charge in [-0.2, -0.15) is 0 Å². The first-order valence-corrected chi connectivity index (χ1v) is 20.2. The Kier molecular flexibility index (Phi) is 8.42. The maximum Gasteiger partial charge on any atom is 0.335 e. The molecule has 9 heteroatoms. The molecule has 3 aliphatic rings. The van der Waals surface area contributed by atoms with Gasteiger partial charge in [-0.3, -0.25) is 4.79 Å². The van der Waals surface area contributed by atoms with E-state index in [-0.39, 0.29) is 11.5 Å². The number of aromatic nitrogens is 4. The monoisotopic (exact) mass is 743 g/mol. The van der Waals surface area contributed by atoms with Gasteiger partial charge in [0, 0.05) is 39.5 Å². The van der Waals surface area contributed by atoms with Crippen molar-refractivity contribution in [2.24, 2.45) is 0 Å². The van der Waals surface area contributed by atoms with Crippen LogP contribution in [0.5, 0.6) is 5.75 Å². The predicted molar refractivity (Wildman–Crippen MR) is 219 cm³/mol. The molecule has 9 nitrogen and oxygen atoms in total. The maximum absolute atomic E-state index is 14.4. The highest BCUT2D eigenvalue weighted by Gasteiger charge is 2.40. The fraction of sp³-hybridized carbons (Fsp3) is 0.319. The summed E-state index contributed by atoms with van der Waals surface area (Å²) in [4.78, 5) is 39.4. The lowest BCUT2D eigenvalue weighted by Crippen LogP contribution is -2.44. The molecule has 0 radical (unpaired) electrons. The Bertz CT molecular complexity index is 2680. The van der Waals surface area contributed by atoms with Crippen LogP contribution in [0.1, 0.15) is 108 Å². The van der Waals surface area contributed by atoms with Gasteiger partial charge in [-0.15, -0.1) is 0 Å². The van der Waals surface area contributed by atoms with Crippen LogP contribution in [-0.2, 0) is 18.5 Å². The summed E-state index contributed by atoms with van der Waals surface area (Å²) in [5.41, 5.74) is 11.1. The molecule has 10 rings (SSSR count). The molecule has 2 fully saturated rings. The first kappa shape index (κ1) is 34.5. The zero-order valence-electron chi connectivity index (χ0n) is 31.7. The highest BCUT2D eigenvalue weighted by Crippen LogP contribution is 2.47. The van der Waals surface area contributed by atoms with Crippen LogP contribution in [0.4, 0.5) is 0 Å². The number of carbonyl (C=O) groups is 2. The van der Waals surface area contributed by atoms with E-state index in [0.717, 1.165) is 73.1 Å². The van der Waals surface area contributed by atoms with E-state index in [4.69, 9.17) is 14.7 Å². The lowest BCUT2D eigenvalue weighted by atomic mass is 9.81. The van der Waals surface area contributed by atoms with Crippen LogP contribution in [0, 0.1) is 0 Å². The van der Waals surface area contributed by atoms with E-state index in [1.807, 2.05) is 18.2 Å². The van der Waals surface area contributed by atoms with Gasteiger partial charge in [-0.1, -0.05) is 50.3 Å². The number of carboxylic acid groups (broad SMARTS) is 1. The van der Waals surface area contributed by atoms with E-state index >= 15 is 0 Å². The number of carboxylic acids is 1. The van der Waals surface area contributed by atoms with Gasteiger partial charge in [0.25, 0.3) is 5.91 Å². The van der Waals surface area contributed by atoms with Crippen LogP contribution in [0.2, 0.25) is 0 Å². The fourth-order valence-electron chi connectivity index (χ4n) is 10.00. The highest BCUT2D eigenvalue weighted by atomic mass is 16.5. The summed E-state index contributed by atoms with van der Waals surface area (Å²) in [5, 5.41) is 15.4. The number of imidazole rings is 1. The molecule has 0 unspecified atom stereocenters. The molecule has 7 aromatic rings. The number of nitrogens with one attached hydrogen (secondary N) is 2. The van der Waals surface area contributed by atoms with Gasteiger partial charge in [-0.05, 0) is 122 Å². The second-order valence-corrected chi connectivity index (χ2v) is 16.0. The van der Waals surface area contributed by atoms with E-state index in [1.165, 1.54) is 65.3 Å². The summed E-state index contributed by atoms with van der Waals surface area (Å²) >= 11 is 0. The minimum absolute atomic E-state index is 0.117. The number of nitrogens with zero attached hydrogens (tertiary/aromatic N) is 3. The van der Waals surface area contributed by atoms with Gasteiger partial charge in [0.2, 0.25) is 0 Å². The van der Waals surface area contributed by atoms with Crippen LogP contribution >= 0.6 is 0 Å². The number of hydrogen-bond donors (Lipinski definition) is 3. The SMILES string of the molecule is COc1ccc(-c2ccc3c4c(ccc3n2)-c2c(C3CCCCC3)c3ccc(C(=O)NC5(c6nc7ccc(C(=O)O)cc7[nH]6)CCCC5)cc3n2CCC4)cc1. The third-order valence-corrected chi connectivity index (χ3v) is 12.8. The molecule has 0 spiro atoms. The smallest absolute Gasteiger partial charge is 0.335 e. The second-order valence-electron chi connectivity index (χ2n) is 16.0. The van der Waals surface area contributed by atoms with Crippen molar-refractivity contribution in [1.82, 2.24) is 24.8 Å². The van der Waals surface area contributed by atoms with Crippen molar-refractivity contribution in [2.75, 3.05) is 7.11 Å². The Morgan fingerprint density at radius 1 is 0.821 bits per heavy atom. The molecule has 56 heavy (non-hydrogen) atoms. The summed E-state index contributed by atoms with van der Waals surface area (Å²) in [7, 11) is 1.68. The quantitative estimate of drug-likeness (QED) is 0.149. The number of hydrogen-bond acceptors (Lipinski definition) is 5. The molecule has 0 bridgehead atoms. The molecule has 3 N–H and O–H groups in total. The standard InChI is InChI=1S/C47H45N5O4/c1-56-32-15-11-28(12-16-32)37-21-18-34-33-10-7-25-52-41-27-30(13-17-36(41)42(29-8-3-2-4-9-29)43(52)35(33)19-22-38(34)48-37)44(53)51-47(23-5-6-24-47)46-49-39-20-14-31(45(54)55)26-40(39)50-46/h11-22,26-27,29H,2-10,23-25H2,1H3,(H,49,50)(H,51,53)(H,54,55). The molecule has 1 amide bonds. The number of fused-ring (bicyclic) bond motifs is 8. The van der Waals surface area contributed by atoms with Gasteiger partial charge in [0.15, 0.2) is 0 Å². The number of aromatic amines is 1. The highest BCUT2D eigenvalue weighted by molar-refractivity contribution is 6.02. The molecule has 4 heterocycles. The largest absolute Gasteiger partial charge is 0.497 e. The van der Waals surface area contributed by atoms with Crippen molar-refractivity contribution < 1.29 is 19.4 Å². The number of carbonyl (C=O) groups excluding carboxylic acids is 1. The van der Waals surface area contributed by atoms with Gasteiger partial charge < -0.3 is 24.7 Å². The lowest BCUT2D eigenvalue weighted by Gasteiger charge is -2.28. The van der Waals surface area contributed by atoms with E-state index < -0.39 is 11.5 Å². The zero-order chi connectivity index (χ0) is 38.0. The van der Waals surface area contributed by atoms with E-state index in [2.05, 4.69) is 63.4 Å². The van der Waals surface area contributed by atoms with E-state index in [9.17, 15) is 14.7 Å². The molecule has 2 aliphatic carbocycles. The Hall–Kier alpha value is -5.96. The molecule has 3 aromatic heterocycles. The van der Waals surface area contributed by atoms with Gasteiger partial charge in [-0.25, -0.2) is 14.8 Å². The predicted octanol–water partition coefficient (Wildman–Crippen LogP) is 10.3. The van der Waals surface area contributed by atoms with Crippen LogP contribution in [0.3, 0.4) is 0 Å². The number of ether oxygens (including phenoxy) is 1. The molecule has 2 saturated carbocycles. The fourth-order valence-corrected chi connectivity index (χ4v) is 10.00. The number of pyridine rings is 1. The number of aromatic carboxylic acids is 1. The van der Waals surface area contributed by atoms with Crippen LogP contribution in [-0.4, -0.2) is 43.6 Å². The van der Waals surface area contributed by atoms with Crippen LogP contribution in [0.25, 0.3) is 55.4 Å². The summed E-state index contributed by atoms with van der Waals surface area (Å²) < 4.78 is 7.89. The number of aryl methyl sites for hydroxylation is 2. The summed E-state index contributed by atoms with van der Waals surface area (Å²) in [6, 6.07) is 28.2. The summed E-state index contributed by atoms with van der Waals surface area (Å²) in [6.07, 6.45) is 11.5. The Morgan fingerprint density at radius 3 is 2.38 bits per heavy atom. The molecule has 282 valence electrons. The number of H-pyrrole nitrogens is 1. The zero-order valence-corrected chi connectivity index (χ0v) is 31.7. The van der Waals surface area contributed by atoms with Gasteiger partial charge in [0.05, 0.1) is 46.2 Å². The Balaban J connectivity index is 1.05. The van der Waals surface area contributed by atoms with Crippen molar-refractivity contribution in [3.63, 3.8) is 0 Å². The minimum atomic E-state index is -0.981. The minimum Gasteiger partial charge on any atom is -0.497 e. The van der Waals surface area contributed by atoms with Gasteiger partial charge in [0.1, 0.15) is 11.6 Å². The molecule has 0 atom stereocenters. The average molecular weight is 744 g/mol. The average Bonchev–Trinajstić information content (AvgIpc) is 3.94. The number of rotatable bonds is 7. The van der Waals surface area contributed by atoms with E-state index in [1.54, 1.807) is 25.3 Å². The maximum atomic E-state index is 14.4. The lowest BCUT2D eigenvalue weighted by molar-refractivity contribution is 0.0696. The molecule has 1 aliphatic heterocycles. The third-order valence-electron chi connectivity index (χ3n) is 12.8. The van der Waals surface area contributed by atoms with E-state index in [0.29, 0.717) is 28.3 Å². The summed E-state index contributed by atoms with van der Waals surface area (Å²) in [5.74, 6) is 0.888. The first-order valence-electron chi connectivity index (χ1n) is 20.2. The Labute approximate surface area is 325 Å². The number of benzene rings is 4. The number of methoxy groups -OCH3 is 1. The van der Waals surface area contributed by atoms with Crippen molar-refractivity contribution in [3.05, 3.63) is 113 Å². The van der Waals surface area contributed by atoms with Crippen molar-refractivity contribution in [2.45, 2.75) is 88.6 Å². The van der Waals surface area contributed by atoms with Crippen molar-refractivity contribution in [3.8, 4) is 28.3 Å². The second kappa shape index (κ2) is 13.7. The normalized spacial score (nSPS) is 16.8. The molecular formula is C47H45N5O4. The van der Waals surface area contributed by atoms with Crippen molar-refractivity contribution in [1.29, 1.82) is 0 Å².